The lowest BCUT2D eigenvalue weighted by atomic mass is 9.87. The number of likely N-dealkylation sites (tertiary alicyclic amines) is 1. The van der Waals surface area contributed by atoms with E-state index in [1.165, 1.54) is 19.3 Å². The van der Waals surface area contributed by atoms with Gasteiger partial charge in [-0.1, -0.05) is 30.9 Å². The second-order valence-corrected chi connectivity index (χ2v) is 8.46. The second-order valence-electron chi connectivity index (χ2n) is 8.02. The molecule has 3 rings (SSSR count). The molecule has 1 aromatic carbocycles. The average Bonchev–Trinajstić information content (AvgIpc) is 2.74. The van der Waals surface area contributed by atoms with Crippen LogP contribution in [0.1, 0.15) is 51.4 Å². The van der Waals surface area contributed by atoms with Gasteiger partial charge in [-0.25, -0.2) is 0 Å². The molecule has 1 aliphatic carbocycles. The summed E-state index contributed by atoms with van der Waals surface area (Å²) in [5, 5.41) is 6.94. The molecule has 1 saturated carbocycles. The van der Waals surface area contributed by atoms with Crippen LogP contribution in [0.25, 0.3) is 0 Å². The van der Waals surface area contributed by atoms with Crippen LogP contribution in [0.2, 0.25) is 5.02 Å². The van der Waals surface area contributed by atoms with Gasteiger partial charge in [-0.15, -0.1) is 0 Å². The Morgan fingerprint density at radius 1 is 1.14 bits per heavy atom. The van der Waals surface area contributed by atoms with E-state index in [0.29, 0.717) is 29.6 Å². The van der Waals surface area contributed by atoms with E-state index in [1.807, 2.05) is 4.90 Å². The Kier molecular flexibility index (Phi) is 8.04. The fraction of sp³-hybridized carbons (Fsp3) is 0.636. The van der Waals surface area contributed by atoms with Gasteiger partial charge in [0.1, 0.15) is 5.75 Å². The van der Waals surface area contributed by atoms with Crippen molar-refractivity contribution in [3.8, 4) is 5.75 Å². The van der Waals surface area contributed by atoms with Crippen LogP contribution in [0, 0.1) is 5.92 Å². The number of benzene rings is 1. The van der Waals surface area contributed by atoms with Crippen LogP contribution in [0.4, 0.5) is 5.69 Å². The minimum Gasteiger partial charge on any atom is -0.495 e. The minimum absolute atomic E-state index is 0.0237. The Bertz CT molecular complexity index is 699. The van der Waals surface area contributed by atoms with Crippen molar-refractivity contribution < 1.29 is 14.3 Å². The Morgan fingerprint density at radius 3 is 2.55 bits per heavy atom. The summed E-state index contributed by atoms with van der Waals surface area (Å²) in [6, 6.07) is 5.51. The summed E-state index contributed by atoms with van der Waals surface area (Å²) in [5.41, 5.74) is 0.780. The van der Waals surface area contributed by atoms with Gasteiger partial charge >= 0.3 is 0 Å². The van der Waals surface area contributed by atoms with E-state index in [9.17, 15) is 9.59 Å². The van der Waals surface area contributed by atoms with Gasteiger partial charge in [0.2, 0.25) is 11.8 Å². The quantitative estimate of drug-likeness (QED) is 0.701. The van der Waals surface area contributed by atoms with E-state index in [1.54, 1.807) is 25.3 Å². The zero-order chi connectivity index (χ0) is 20.6. The number of amides is 2. The maximum Gasteiger partial charge on any atom is 0.225 e. The lowest BCUT2D eigenvalue weighted by Crippen LogP contribution is -2.48. The topological polar surface area (TPSA) is 70.7 Å². The SMILES string of the molecule is COc1ccc(Cl)cc1NCCC(=O)NC1CCN(C(=O)C2CCCCC2)CC1. The number of anilines is 1. The van der Waals surface area contributed by atoms with Crippen LogP contribution in [0.5, 0.6) is 5.75 Å². The fourth-order valence-corrected chi connectivity index (χ4v) is 4.45. The molecular weight excluding hydrogens is 390 g/mol. The molecular formula is C22H32ClN3O3. The van der Waals surface area contributed by atoms with E-state index in [2.05, 4.69) is 10.6 Å². The highest BCUT2D eigenvalue weighted by Gasteiger charge is 2.29. The number of carbonyl (C=O) groups excluding carboxylic acids is 2. The van der Waals surface area contributed by atoms with Crippen molar-refractivity contribution in [2.24, 2.45) is 5.92 Å². The molecule has 160 valence electrons. The molecule has 0 spiro atoms. The van der Waals surface area contributed by atoms with Crippen molar-refractivity contribution >= 4 is 29.1 Å². The zero-order valence-corrected chi connectivity index (χ0v) is 18.0. The third-order valence-electron chi connectivity index (χ3n) is 5.96. The molecule has 0 aromatic heterocycles. The number of rotatable bonds is 7. The normalized spacial score (nSPS) is 18.3. The van der Waals surface area contributed by atoms with Crippen molar-refractivity contribution in [2.75, 3.05) is 32.1 Å². The first-order chi connectivity index (χ1) is 14.1. The number of nitrogens with zero attached hydrogens (tertiary/aromatic N) is 1. The van der Waals surface area contributed by atoms with Crippen molar-refractivity contribution in [3.05, 3.63) is 23.2 Å². The summed E-state index contributed by atoms with van der Waals surface area (Å²) in [5.74, 6) is 1.28. The summed E-state index contributed by atoms with van der Waals surface area (Å²) in [4.78, 5) is 26.9. The summed E-state index contributed by atoms with van der Waals surface area (Å²) >= 11 is 6.02. The van der Waals surface area contributed by atoms with Gasteiger partial charge in [0.25, 0.3) is 0 Å². The van der Waals surface area contributed by atoms with E-state index in [0.717, 1.165) is 44.5 Å². The van der Waals surface area contributed by atoms with Gasteiger partial charge in [-0.2, -0.15) is 0 Å². The second kappa shape index (κ2) is 10.7. The highest BCUT2D eigenvalue weighted by atomic mass is 35.5. The Morgan fingerprint density at radius 2 is 1.86 bits per heavy atom. The lowest BCUT2D eigenvalue weighted by Gasteiger charge is -2.35. The molecule has 1 aliphatic heterocycles. The Balaban J connectivity index is 1.36. The first kappa shape index (κ1) is 21.8. The van der Waals surface area contributed by atoms with E-state index >= 15 is 0 Å². The predicted octanol–water partition coefficient (Wildman–Crippen LogP) is 3.84. The van der Waals surface area contributed by atoms with Crippen LogP contribution in [0.15, 0.2) is 18.2 Å². The molecule has 29 heavy (non-hydrogen) atoms. The van der Waals surface area contributed by atoms with Crippen LogP contribution in [0.3, 0.4) is 0 Å². The molecule has 0 unspecified atom stereocenters. The van der Waals surface area contributed by atoms with Gasteiger partial charge in [-0.05, 0) is 43.9 Å². The monoisotopic (exact) mass is 421 g/mol. The molecule has 1 aromatic rings. The third-order valence-corrected chi connectivity index (χ3v) is 6.19. The van der Waals surface area contributed by atoms with E-state index in [4.69, 9.17) is 16.3 Å². The molecule has 1 heterocycles. The Hall–Kier alpha value is -1.95. The van der Waals surface area contributed by atoms with Crippen LogP contribution >= 0.6 is 11.6 Å². The third kappa shape index (κ3) is 6.26. The van der Waals surface area contributed by atoms with Crippen molar-refractivity contribution in [2.45, 2.75) is 57.4 Å². The molecule has 2 N–H and O–H groups in total. The van der Waals surface area contributed by atoms with Crippen LogP contribution in [-0.4, -0.2) is 49.5 Å². The molecule has 7 heteroatoms. The molecule has 0 atom stereocenters. The van der Waals surface area contributed by atoms with Crippen LogP contribution in [-0.2, 0) is 9.59 Å². The van der Waals surface area contributed by atoms with E-state index in [-0.39, 0.29) is 17.9 Å². The number of hydrogen-bond donors (Lipinski definition) is 2. The van der Waals surface area contributed by atoms with Gasteiger partial charge < -0.3 is 20.3 Å². The van der Waals surface area contributed by atoms with Gasteiger partial charge in [0.15, 0.2) is 0 Å². The van der Waals surface area contributed by atoms with Crippen LogP contribution < -0.4 is 15.4 Å². The summed E-state index contributed by atoms with van der Waals surface area (Å²) in [6.45, 7) is 2.00. The van der Waals surface area contributed by atoms with Gasteiger partial charge in [0.05, 0.1) is 12.8 Å². The zero-order valence-electron chi connectivity index (χ0n) is 17.2. The molecule has 2 aliphatic rings. The molecule has 2 amide bonds. The number of halogens is 1. The van der Waals surface area contributed by atoms with Crippen molar-refractivity contribution in [1.82, 2.24) is 10.2 Å². The first-order valence-corrected chi connectivity index (χ1v) is 11.1. The number of nitrogens with one attached hydrogen (secondary N) is 2. The number of piperidine rings is 1. The number of ether oxygens (including phenoxy) is 1. The Labute approximate surface area is 178 Å². The lowest BCUT2D eigenvalue weighted by molar-refractivity contribution is -0.137. The first-order valence-electron chi connectivity index (χ1n) is 10.7. The summed E-state index contributed by atoms with van der Waals surface area (Å²) < 4.78 is 5.30. The highest BCUT2D eigenvalue weighted by molar-refractivity contribution is 6.30. The predicted molar refractivity (Wildman–Crippen MR) is 115 cm³/mol. The molecule has 0 radical (unpaired) electrons. The van der Waals surface area contributed by atoms with Gasteiger partial charge in [0, 0.05) is 43.0 Å². The smallest absolute Gasteiger partial charge is 0.225 e. The molecule has 1 saturated heterocycles. The molecule has 6 nitrogen and oxygen atoms in total. The average molecular weight is 422 g/mol. The fourth-order valence-electron chi connectivity index (χ4n) is 4.28. The summed E-state index contributed by atoms with van der Waals surface area (Å²) in [7, 11) is 1.60. The maximum absolute atomic E-state index is 12.6. The van der Waals surface area contributed by atoms with E-state index < -0.39 is 0 Å². The molecule has 2 fully saturated rings. The minimum atomic E-state index is 0.0237. The number of hydrogen-bond acceptors (Lipinski definition) is 4. The highest BCUT2D eigenvalue weighted by Crippen LogP contribution is 2.28. The van der Waals surface area contributed by atoms with Crippen molar-refractivity contribution in [1.29, 1.82) is 0 Å². The largest absolute Gasteiger partial charge is 0.495 e. The van der Waals surface area contributed by atoms with Gasteiger partial charge in [-0.3, -0.25) is 9.59 Å². The summed E-state index contributed by atoms with van der Waals surface area (Å²) in [6.07, 6.45) is 7.74. The standard InChI is InChI=1S/C22H32ClN3O3/c1-29-20-8-7-17(23)15-19(20)24-12-9-21(27)25-18-10-13-26(14-11-18)22(28)16-5-3-2-4-6-16/h7-8,15-16,18,24H,2-6,9-14H2,1H3,(H,25,27). The number of methoxy groups -OCH3 is 1. The van der Waals surface area contributed by atoms with Crippen molar-refractivity contribution in [3.63, 3.8) is 0 Å². The number of carbonyl (C=O) groups is 2. The molecule has 0 bridgehead atoms. The maximum atomic E-state index is 12.6.